The molecule has 120 valence electrons. The third kappa shape index (κ3) is 2.74. The first-order valence-electron chi connectivity index (χ1n) is 8.12. The molecule has 0 aliphatic carbocycles. The van der Waals surface area contributed by atoms with Crippen LogP contribution in [0, 0.1) is 0 Å². The third-order valence-corrected chi connectivity index (χ3v) is 5.32. The van der Waals surface area contributed by atoms with Gasteiger partial charge in [-0.25, -0.2) is 4.98 Å². The van der Waals surface area contributed by atoms with Gasteiger partial charge in [0.2, 0.25) is 5.91 Å². The fraction of sp³-hybridized carbons (Fsp3) is 0.200. The molecule has 2 aromatic carbocycles. The second-order valence-electron chi connectivity index (χ2n) is 6.13. The molecule has 0 bridgehead atoms. The Morgan fingerprint density at radius 3 is 2.75 bits per heavy atom. The molecule has 24 heavy (non-hydrogen) atoms. The van der Waals surface area contributed by atoms with Gasteiger partial charge in [-0.05, 0) is 25.0 Å². The number of hydrogen-bond acceptors (Lipinski definition) is 3. The van der Waals surface area contributed by atoms with Crippen molar-refractivity contribution in [3.8, 4) is 10.6 Å². The minimum atomic E-state index is 0.123. The standard InChI is InChI=1S/C20H18N2OS/c1-14-11-16-9-5-6-10-18(16)22(14)19(23)12-17-13-24-20(21-17)15-7-3-2-4-8-15/h2-10,13-14H,11-12H2,1H3. The van der Waals surface area contributed by atoms with Crippen molar-refractivity contribution in [1.82, 2.24) is 4.98 Å². The molecule has 0 spiro atoms. The highest BCUT2D eigenvalue weighted by Crippen LogP contribution is 2.32. The first-order chi connectivity index (χ1) is 11.7. The Morgan fingerprint density at radius 1 is 1.17 bits per heavy atom. The van der Waals surface area contributed by atoms with Crippen LogP contribution in [0.1, 0.15) is 18.2 Å². The van der Waals surface area contributed by atoms with E-state index < -0.39 is 0 Å². The van der Waals surface area contributed by atoms with E-state index in [1.807, 2.05) is 58.8 Å². The van der Waals surface area contributed by atoms with Crippen molar-refractivity contribution in [2.45, 2.75) is 25.8 Å². The van der Waals surface area contributed by atoms with E-state index in [0.29, 0.717) is 6.42 Å². The summed E-state index contributed by atoms with van der Waals surface area (Å²) in [6.07, 6.45) is 1.27. The Hall–Kier alpha value is -2.46. The number of amides is 1. The Morgan fingerprint density at radius 2 is 1.92 bits per heavy atom. The van der Waals surface area contributed by atoms with Gasteiger partial charge < -0.3 is 4.90 Å². The van der Waals surface area contributed by atoms with Gasteiger partial charge in [0.1, 0.15) is 5.01 Å². The molecule has 3 nitrogen and oxygen atoms in total. The van der Waals surface area contributed by atoms with Crippen LogP contribution in [-0.2, 0) is 17.6 Å². The van der Waals surface area contributed by atoms with Gasteiger partial charge in [0, 0.05) is 22.7 Å². The lowest BCUT2D eigenvalue weighted by molar-refractivity contribution is -0.118. The topological polar surface area (TPSA) is 33.2 Å². The predicted octanol–water partition coefficient (Wildman–Crippen LogP) is 4.33. The first kappa shape index (κ1) is 15.1. The number of aromatic nitrogens is 1. The molecule has 1 atom stereocenters. The Balaban J connectivity index is 1.54. The fourth-order valence-corrected chi connectivity index (χ4v) is 4.11. The zero-order valence-corrected chi connectivity index (χ0v) is 14.3. The molecule has 2 heterocycles. The van der Waals surface area contributed by atoms with Gasteiger partial charge >= 0.3 is 0 Å². The second-order valence-corrected chi connectivity index (χ2v) is 6.99. The van der Waals surface area contributed by atoms with Crippen molar-refractivity contribution < 1.29 is 4.79 Å². The van der Waals surface area contributed by atoms with Crippen LogP contribution in [0.4, 0.5) is 5.69 Å². The average molecular weight is 334 g/mol. The summed E-state index contributed by atoms with van der Waals surface area (Å²) in [7, 11) is 0. The summed E-state index contributed by atoms with van der Waals surface area (Å²) in [6, 6.07) is 18.5. The summed E-state index contributed by atoms with van der Waals surface area (Å²) in [5.74, 6) is 0.123. The molecular formula is C20H18N2OS. The number of benzene rings is 2. The maximum Gasteiger partial charge on any atom is 0.233 e. The van der Waals surface area contributed by atoms with Crippen LogP contribution in [0.5, 0.6) is 0 Å². The van der Waals surface area contributed by atoms with Gasteiger partial charge in [0.15, 0.2) is 0 Å². The molecule has 1 aromatic heterocycles. The number of anilines is 1. The predicted molar refractivity (Wildman–Crippen MR) is 98.3 cm³/mol. The van der Waals surface area contributed by atoms with E-state index in [4.69, 9.17) is 0 Å². The molecule has 0 radical (unpaired) electrons. The number of para-hydroxylation sites is 1. The molecule has 4 rings (SSSR count). The molecular weight excluding hydrogens is 316 g/mol. The van der Waals surface area contributed by atoms with Crippen molar-refractivity contribution in [1.29, 1.82) is 0 Å². The summed E-state index contributed by atoms with van der Waals surface area (Å²) >= 11 is 1.59. The smallest absolute Gasteiger partial charge is 0.233 e. The summed E-state index contributed by atoms with van der Waals surface area (Å²) in [5, 5.41) is 2.96. The molecule has 0 fully saturated rings. The van der Waals surface area contributed by atoms with Crippen LogP contribution in [0.25, 0.3) is 10.6 Å². The molecule has 1 aliphatic heterocycles. The largest absolute Gasteiger partial charge is 0.309 e. The van der Waals surface area contributed by atoms with Crippen LogP contribution in [-0.4, -0.2) is 16.9 Å². The minimum Gasteiger partial charge on any atom is -0.309 e. The summed E-state index contributed by atoms with van der Waals surface area (Å²) in [4.78, 5) is 19.4. The van der Waals surface area contributed by atoms with Gasteiger partial charge in [-0.15, -0.1) is 11.3 Å². The van der Waals surface area contributed by atoms with E-state index in [1.54, 1.807) is 11.3 Å². The van der Waals surface area contributed by atoms with Crippen molar-refractivity contribution in [2.75, 3.05) is 4.90 Å². The fourth-order valence-electron chi connectivity index (χ4n) is 3.29. The second kappa shape index (κ2) is 6.21. The molecule has 0 saturated heterocycles. The summed E-state index contributed by atoms with van der Waals surface area (Å²) in [6.45, 7) is 2.11. The van der Waals surface area contributed by atoms with Crippen molar-refractivity contribution in [3.63, 3.8) is 0 Å². The maximum absolute atomic E-state index is 12.8. The molecule has 1 unspecified atom stereocenters. The number of carbonyl (C=O) groups is 1. The summed E-state index contributed by atoms with van der Waals surface area (Å²) in [5.41, 5.74) is 4.25. The number of hydrogen-bond donors (Lipinski definition) is 0. The molecule has 1 aliphatic rings. The monoisotopic (exact) mass is 334 g/mol. The van der Waals surface area contributed by atoms with E-state index in [9.17, 15) is 4.79 Å². The van der Waals surface area contributed by atoms with E-state index in [1.165, 1.54) is 5.56 Å². The maximum atomic E-state index is 12.8. The van der Waals surface area contributed by atoms with Gasteiger partial charge in [-0.1, -0.05) is 48.5 Å². The Bertz CT molecular complexity index is 872. The number of rotatable bonds is 3. The average Bonchev–Trinajstić information content (AvgIpc) is 3.19. The van der Waals surface area contributed by atoms with Crippen molar-refractivity contribution in [3.05, 3.63) is 71.2 Å². The number of thiazole rings is 1. The zero-order valence-electron chi connectivity index (χ0n) is 13.5. The number of fused-ring (bicyclic) bond motifs is 1. The highest BCUT2D eigenvalue weighted by atomic mass is 32.1. The Labute approximate surface area is 145 Å². The molecule has 0 N–H and O–H groups in total. The third-order valence-electron chi connectivity index (χ3n) is 4.38. The SMILES string of the molecule is CC1Cc2ccccc2N1C(=O)Cc1csc(-c2ccccc2)n1. The molecule has 1 amide bonds. The molecule has 0 saturated carbocycles. The van der Waals surface area contributed by atoms with E-state index in [0.717, 1.165) is 28.4 Å². The first-order valence-corrected chi connectivity index (χ1v) is 9.00. The zero-order chi connectivity index (χ0) is 16.5. The molecule has 3 aromatic rings. The van der Waals surface area contributed by atoms with Crippen LogP contribution < -0.4 is 4.90 Å². The number of nitrogens with zero attached hydrogens (tertiary/aromatic N) is 2. The van der Waals surface area contributed by atoms with Gasteiger partial charge in [-0.3, -0.25) is 4.79 Å². The van der Waals surface area contributed by atoms with Gasteiger partial charge in [-0.2, -0.15) is 0 Å². The van der Waals surface area contributed by atoms with Gasteiger partial charge in [0.05, 0.1) is 12.1 Å². The van der Waals surface area contributed by atoms with Crippen LogP contribution in [0.2, 0.25) is 0 Å². The van der Waals surface area contributed by atoms with Crippen molar-refractivity contribution >= 4 is 22.9 Å². The molecule has 4 heteroatoms. The summed E-state index contributed by atoms with van der Waals surface area (Å²) < 4.78 is 0. The highest BCUT2D eigenvalue weighted by molar-refractivity contribution is 7.13. The highest BCUT2D eigenvalue weighted by Gasteiger charge is 2.30. The Kier molecular flexibility index (Phi) is 3.90. The van der Waals surface area contributed by atoms with E-state index >= 15 is 0 Å². The quantitative estimate of drug-likeness (QED) is 0.714. The van der Waals surface area contributed by atoms with Crippen LogP contribution in [0.3, 0.4) is 0 Å². The van der Waals surface area contributed by atoms with Crippen LogP contribution in [0.15, 0.2) is 60.0 Å². The lowest BCUT2D eigenvalue weighted by atomic mass is 10.1. The van der Waals surface area contributed by atoms with Crippen LogP contribution >= 0.6 is 11.3 Å². The van der Waals surface area contributed by atoms with Gasteiger partial charge in [0.25, 0.3) is 0 Å². The lowest BCUT2D eigenvalue weighted by Crippen LogP contribution is -2.36. The normalized spacial score (nSPS) is 16.2. The van der Waals surface area contributed by atoms with E-state index in [2.05, 4.69) is 18.0 Å². The van der Waals surface area contributed by atoms with E-state index in [-0.39, 0.29) is 11.9 Å². The number of carbonyl (C=O) groups excluding carboxylic acids is 1. The van der Waals surface area contributed by atoms with Crippen molar-refractivity contribution in [2.24, 2.45) is 0 Å². The lowest BCUT2D eigenvalue weighted by Gasteiger charge is -2.22. The minimum absolute atomic E-state index is 0.123.